The third-order valence-electron chi connectivity index (χ3n) is 4.43. The maximum atomic E-state index is 13.1. The zero-order valence-electron chi connectivity index (χ0n) is 14.1. The Kier molecular flexibility index (Phi) is 3.99. The van der Waals surface area contributed by atoms with Crippen LogP contribution in [0.3, 0.4) is 0 Å². The van der Waals surface area contributed by atoms with Gasteiger partial charge in [0.1, 0.15) is 16.4 Å². The molecule has 0 saturated carbocycles. The highest BCUT2D eigenvalue weighted by Crippen LogP contribution is 2.43. The van der Waals surface area contributed by atoms with Gasteiger partial charge in [0, 0.05) is 29.7 Å². The predicted molar refractivity (Wildman–Crippen MR) is 93.4 cm³/mol. The molecule has 0 radical (unpaired) electrons. The fourth-order valence-corrected chi connectivity index (χ4v) is 4.73. The number of esters is 1. The molecule has 0 atom stereocenters. The van der Waals surface area contributed by atoms with Gasteiger partial charge in [-0.3, -0.25) is 4.72 Å². The fraction of sp³-hybridized carbons (Fsp3) is 0.278. The van der Waals surface area contributed by atoms with Crippen LogP contribution in [0.15, 0.2) is 35.2 Å². The Labute approximate surface area is 150 Å². The van der Waals surface area contributed by atoms with Crippen LogP contribution >= 0.6 is 0 Å². The number of carbonyl (C=O) groups is 1. The highest BCUT2D eigenvalue weighted by Gasteiger charge is 2.33. The molecule has 0 saturated heterocycles. The van der Waals surface area contributed by atoms with Crippen LogP contribution in [0.1, 0.15) is 21.5 Å². The van der Waals surface area contributed by atoms with Crippen molar-refractivity contribution in [3.63, 3.8) is 0 Å². The van der Waals surface area contributed by atoms with Crippen molar-refractivity contribution >= 4 is 21.7 Å². The molecular weight excluding hydrogens is 358 g/mol. The van der Waals surface area contributed by atoms with E-state index in [2.05, 4.69) is 9.46 Å². The van der Waals surface area contributed by atoms with Gasteiger partial charge < -0.3 is 14.2 Å². The summed E-state index contributed by atoms with van der Waals surface area (Å²) in [5.41, 5.74) is 2.17. The van der Waals surface area contributed by atoms with E-state index in [1.807, 2.05) is 6.07 Å². The molecule has 2 aromatic carbocycles. The summed E-state index contributed by atoms with van der Waals surface area (Å²) in [7, 11) is -2.58. The van der Waals surface area contributed by atoms with Crippen LogP contribution in [0.4, 0.5) is 5.69 Å². The number of methoxy groups -OCH3 is 1. The Morgan fingerprint density at radius 2 is 1.85 bits per heavy atom. The van der Waals surface area contributed by atoms with Crippen LogP contribution in [0.5, 0.6) is 11.5 Å². The fourth-order valence-electron chi connectivity index (χ4n) is 3.22. The number of carbonyl (C=O) groups excluding carboxylic acids is 1. The Hall–Kier alpha value is -2.74. The maximum absolute atomic E-state index is 13.1. The molecule has 136 valence electrons. The monoisotopic (exact) mass is 375 g/mol. The van der Waals surface area contributed by atoms with Crippen molar-refractivity contribution < 1.29 is 27.4 Å². The minimum Gasteiger partial charge on any atom is -0.493 e. The lowest BCUT2D eigenvalue weighted by molar-refractivity contribution is 0.0600. The average molecular weight is 375 g/mol. The standard InChI is InChI=1S/C18H17NO6S/c1-23-18(20)11-2-4-13(5-3-11)19-26(21,22)17-14-7-9-24-15(14)10-12-6-8-25-16(12)17/h2-5,10,19H,6-9H2,1H3. The Balaban J connectivity index is 1.71. The molecule has 7 nitrogen and oxygen atoms in total. The Morgan fingerprint density at radius 3 is 2.58 bits per heavy atom. The average Bonchev–Trinajstić information content (AvgIpc) is 3.27. The molecule has 0 unspecified atom stereocenters. The molecule has 8 heteroatoms. The number of nitrogens with one attached hydrogen (secondary N) is 1. The lowest BCUT2D eigenvalue weighted by Gasteiger charge is -2.15. The first-order valence-electron chi connectivity index (χ1n) is 8.15. The van der Waals surface area contributed by atoms with Crippen LogP contribution in [0.25, 0.3) is 0 Å². The van der Waals surface area contributed by atoms with Gasteiger partial charge in [-0.15, -0.1) is 0 Å². The van der Waals surface area contributed by atoms with Crippen molar-refractivity contribution in [1.82, 2.24) is 0 Å². The molecule has 2 heterocycles. The van der Waals surface area contributed by atoms with E-state index in [4.69, 9.17) is 9.47 Å². The van der Waals surface area contributed by atoms with Crippen LogP contribution < -0.4 is 14.2 Å². The second-order valence-electron chi connectivity index (χ2n) is 6.04. The Morgan fingerprint density at radius 1 is 1.12 bits per heavy atom. The van der Waals surface area contributed by atoms with Crippen molar-refractivity contribution in [3.05, 3.63) is 47.0 Å². The summed E-state index contributed by atoms with van der Waals surface area (Å²) in [5, 5.41) is 0. The first-order valence-corrected chi connectivity index (χ1v) is 9.63. The molecule has 2 aliphatic rings. The van der Waals surface area contributed by atoms with Crippen LogP contribution in [0, 0.1) is 0 Å². The molecule has 0 bridgehead atoms. The number of hydrogen-bond donors (Lipinski definition) is 1. The largest absolute Gasteiger partial charge is 0.493 e. The van der Waals surface area contributed by atoms with E-state index in [1.54, 1.807) is 0 Å². The van der Waals surface area contributed by atoms with E-state index in [-0.39, 0.29) is 4.90 Å². The highest BCUT2D eigenvalue weighted by atomic mass is 32.2. The van der Waals surface area contributed by atoms with Gasteiger partial charge in [0.2, 0.25) is 0 Å². The van der Waals surface area contributed by atoms with Crippen LogP contribution in [-0.4, -0.2) is 34.7 Å². The first kappa shape index (κ1) is 16.7. The number of rotatable bonds is 4. The van der Waals surface area contributed by atoms with Gasteiger partial charge in [0.15, 0.2) is 0 Å². The summed E-state index contributed by atoms with van der Waals surface area (Å²) >= 11 is 0. The van der Waals surface area contributed by atoms with Gasteiger partial charge in [-0.05, 0) is 30.3 Å². The maximum Gasteiger partial charge on any atom is 0.337 e. The molecule has 0 amide bonds. The number of hydrogen-bond acceptors (Lipinski definition) is 6. The third kappa shape index (κ3) is 2.76. The number of fused-ring (bicyclic) bond motifs is 2. The van der Waals surface area contributed by atoms with E-state index in [1.165, 1.54) is 31.4 Å². The molecule has 26 heavy (non-hydrogen) atoms. The molecule has 2 aliphatic heterocycles. The van der Waals surface area contributed by atoms with Crippen molar-refractivity contribution in [2.24, 2.45) is 0 Å². The minimum atomic E-state index is -3.87. The minimum absolute atomic E-state index is 0.150. The van der Waals surface area contributed by atoms with E-state index in [9.17, 15) is 13.2 Å². The number of sulfonamides is 1. The molecule has 0 aliphatic carbocycles. The van der Waals surface area contributed by atoms with E-state index < -0.39 is 16.0 Å². The van der Waals surface area contributed by atoms with Gasteiger partial charge in [0.25, 0.3) is 10.0 Å². The topological polar surface area (TPSA) is 90.9 Å². The number of anilines is 1. The summed E-state index contributed by atoms with van der Waals surface area (Å²) in [6.07, 6.45) is 1.17. The molecule has 4 rings (SSSR count). The predicted octanol–water partition coefficient (Wildman–Crippen LogP) is 2.14. The second-order valence-corrected chi connectivity index (χ2v) is 7.66. The zero-order chi connectivity index (χ0) is 18.3. The first-order chi connectivity index (χ1) is 12.5. The van der Waals surface area contributed by atoms with Crippen molar-refractivity contribution in [2.75, 3.05) is 25.0 Å². The summed E-state index contributed by atoms with van der Waals surface area (Å²) in [6, 6.07) is 7.91. The molecule has 0 spiro atoms. The third-order valence-corrected chi connectivity index (χ3v) is 5.90. The summed E-state index contributed by atoms with van der Waals surface area (Å²) < 4.78 is 44.5. The van der Waals surface area contributed by atoms with Crippen LogP contribution in [-0.2, 0) is 27.6 Å². The van der Waals surface area contributed by atoms with E-state index in [0.717, 1.165) is 5.56 Å². The second kappa shape index (κ2) is 6.21. The number of benzene rings is 2. The molecular formula is C18H17NO6S. The Bertz CT molecular complexity index is 949. The van der Waals surface area contributed by atoms with Crippen LogP contribution in [0.2, 0.25) is 0 Å². The highest BCUT2D eigenvalue weighted by molar-refractivity contribution is 7.92. The quantitative estimate of drug-likeness (QED) is 0.824. The van der Waals surface area contributed by atoms with E-state index >= 15 is 0 Å². The molecule has 0 aromatic heterocycles. The molecule has 1 N–H and O–H groups in total. The summed E-state index contributed by atoms with van der Waals surface area (Å²) in [5.74, 6) is 0.534. The summed E-state index contributed by atoms with van der Waals surface area (Å²) in [6.45, 7) is 0.906. The van der Waals surface area contributed by atoms with Crippen molar-refractivity contribution in [1.29, 1.82) is 0 Å². The summed E-state index contributed by atoms with van der Waals surface area (Å²) in [4.78, 5) is 11.6. The normalized spacial score (nSPS) is 14.8. The number of ether oxygens (including phenoxy) is 3. The van der Waals surface area contributed by atoms with Crippen molar-refractivity contribution in [3.8, 4) is 11.5 Å². The van der Waals surface area contributed by atoms with Gasteiger partial charge in [-0.1, -0.05) is 0 Å². The molecule has 2 aromatic rings. The SMILES string of the molecule is COC(=O)c1ccc(NS(=O)(=O)c2c3c(cc4c2OCC4)OCC3)cc1. The lowest BCUT2D eigenvalue weighted by atomic mass is 10.1. The zero-order valence-corrected chi connectivity index (χ0v) is 14.9. The van der Waals surface area contributed by atoms with Gasteiger partial charge in [-0.2, -0.15) is 0 Å². The lowest BCUT2D eigenvalue weighted by Crippen LogP contribution is -2.16. The van der Waals surface area contributed by atoms with Gasteiger partial charge >= 0.3 is 5.97 Å². The van der Waals surface area contributed by atoms with Crippen molar-refractivity contribution in [2.45, 2.75) is 17.7 Å². The molecule has 0 fully saturated rings. The van der Waals surface area contributed by atoms with E-state index in [0.29, 0.717) is 54.4 Å². The smallest absolute Gasteiger partial charge is 0.337 e. The van der Waals surface area contributed by atoms with Gasteiger partial charge in [-0.25, -0.2) is 13.2 Å². The van der Waals surface area contributed by atoms with Gasteiger partial charge in [0.05, 0.1) is 25.9 Å².